The molecule has 2 aromatic carbocycles. The van der Waals surface area contributed by atoms with Crippen LogP contribution in [-0.2, 0) is 0 Å². The predicted molar refractivity (Wildman–Crippen MR) is 94.1 cm³/mol. The van der Waals surface area contributed by atoms with E-state index in [0.717, 1.165) is 11.1 Å². The van der Waals surface area contributed by atoms with Gasteiger partial charge in [0.2, 0.25) is 0 Å². The van der Waals surface area contributed by atoms with E-state index < -0.39 is 10.8 Å². The number of nitrogens with zero attached hydrogens (tertiary/aromatic N) is 3. The second-order valence-electron chi connectivity index (χ2n) is 5.70. The van der Waals surface area contributed by atoms with Gasteiger partial charge in [-0.15, -0.1) is 0 Å². The van der Waals surface area contributed by atoms with Crippen molar-refractivity contribution >= 4 is 17.3 Å². The molecule has 0 unspecified atom stereocenters. The Morgan fingerprint density at radius 3 is 2.68 bits per heavy atom. The van der Waals surface area contributed by atoms with Crippen LogP contribution in [0.15, 0.2) is 55.1 Å². The Morgan fingerprint density at radius 1 is 1.20 bits per heavy atom. The average Bonchev–Trinajstić information content (AvgIpc) is 3.12. The van der Waals surface area contributed by atoms with E-state index in [1.165, 1.54) is 29.2 Å². The molecule has 1 N–H and O–H groups in total. The first-order valence-electron chi connectivity index (χ1n) is 7.61. The zero-order chi connectivity index (χ0) is 18.0. The second kappa shape index (κ2) is 6.56. The van der Waals surface area contributed by atoms with Crippen LogP contribution in [0.3, 0.4) is 0 Å². The summed E-state index contributed by atoms with van der Waals surface area (Å²) in [5.41, 5.74) is 3.03. The summed E-state index contributed by atoms with van der Waals surface area (Å²) in [5.74, 6) is -0.394. The monoisotopic (exact) mass is 336 g/mol. The average molecular weight is 336 g/mol. The highest BCUT2D eigenvalue weighted by molar-refractivity contribution is 6.05. The Bertz CT molecular complexity index is 949. The van der Waals surface area contributed by atoms with Crippen LogP contribution in [0.25, 0.3) is 5.69 Å². The minimum atomic E-state index is -0.510. The van der Waals surface area contributed by atoms with Crippen molar-refractivity contribution in [2.45, 2.75) is 13.8 Å². The van der Waals surface area contributed by atoms with Crippen molar-refractivity contribution in [1.82, 2.24) is 9.55 Å². The highest BCUT2D eigenvalue weighted by atomic mass is 16.6. The fourth-order valence-corrected chi connectivity index (χ4v) is 2.50. The van der Waals surface area contributed by atoms with E-state index in [0.29, 0.717) is 11.4 Å². The van der Waals surface area contributed by atoms with Crippen LogP contribution in [0.5, 0.6) is 0 Å². The Labute approximate surface area is 144 Å². The number of aromatic nitrogens is 2. The van der Waals surface area contributed by atoms with Gasteiger partial charge in [0.1, 0.15) is 5.69 Å². The molecule has 126 valence electrons. The number of imidazole rings is 1. The smallest absolute Gasteiger partial charge is 0.294 e. The van der Waals surface area contributed by atoms with Gasteiger partial charge in [-0.1, -0.05) is 12.1 Å². The molecule has 0 saturated carbocycles. The highest BCUT2D eigenvalue weighted by Crippen LogP contribution is 2.25. The van der Waals surface area contributed by atoms with E-state index in [1.54, 1.807) is 12.3 Å². The maximum absolute atomic E-state index is 12.5. The molecule has 3 aromatic rings. The third kappa shape index (κ3) is 3.40. The Balaban J connectivity index is 1.95. The van der Waals surface area contributed by atoms with Gasteiger partial charge >= 0.3 is 0 Å². The first kappa shape index (κ1) is 16.4. The summed E-state index contributed by atoms with van der Waals surface area (Å²) in [7, 11) is 0. The van der Waals surface area contributed by atoms with Crippen molar-refractivity contribution in [3.8, 4) is 5.69 Å². The first-order valence-corrected chi connectivity index (χ1v) is 7.61. The summed E-state index contributed by atoms with van der Waals surface area (Å²) >= 11 is 0. The number of hydrogen-bond donors (Lipinski definition) is 1. The van der Waals surface area contributed by atoms with E-state index in [1.807, 2.05) is 32.0 Å². The third-order valence-corrected chi connectivity index (χ3v) is 3.86. The molecule has 7 nitrogen and oxygen atoms in total. The van der Waals surface area contributed by atoms with E-state index in [4.69, 9.17) is 0 Å². The van der Waals surface area contributed by atoms with Crippen LogP contribution >= 0.6 is 0 Å². The molecule has 7 heteroatoms. The van der Waals surface area contributed by atoms with Gasteiger partial charge in [0.15, 0.2) is 0 Å². The molecule has 1 aromatic heterocycles. The number of carbonyl (C=O) groups is 1. The van der Waals surface area contributed by atoms with Crippen LogP contribution < -0.4 is 5.32 Å². The van der Waals surface area contributed by atoms with Gasteiger partial charge in [0, 0.05) is 29.7 Å². The lowest BCUT2D eigenvalue weighted by molar-refractivity contribution is -0.384. The van der Waals surface area contributed by atoms with Crippen LogP contribution in [0.2, 0.25) is 0 Å². The number of aryl methyl sites for hydroxylation is 2. The lowest BCUT2D eigenvalue weighted by Crippen LogP contribution is -2.13. The summed E-state index contributed by atoms with van der Waals surface area (Å²) in [6.07, 6.45) is 4.61. The van der Waals surface area contributed by atoms with E-state index >= 15 is 0 Å². The van der Waals surface area contributed by atoms with Gasteiger partial charge in [0.05, 0.1) is 11.3 Å². The standard InChI is InChI=1S/C18H16N4O3/c1-12-3-4-13(2)15(9-12)20-18(23)14-5-6-16(17(10-14)22(24)25)21-8-7-19-11-21/h3-11H,1-2H3,(H,20,23). The summed E-state index contributed by atoms with van der Waals surface area (Å²) in [4.78, 5) is 27.3. The molecule has 0 aliphatic rings. The number of carbonyl (C=O) groups excluding carboxylic acids is 1. The quantitative estimate of drug-likeness (QED) is 0.581. The number of benzene rings is 2. The van der Waals surface area contributed by atoms with Crippen molar-refractivity contribution in [3.63, 3.8) is 0 Å². The molecule has 0 bridgehead atoms. The molecule has 1 heterocycles. The second-order valence-corrected chi connectivity index (χ2v) is 5.70. The molecule has 0 saturated heterocycles. The van der Waals surface area contributed by atoms with Gasteiger partial charge in [-0.25, -0.2) is 4.98 Å². The number of anilines is 1. The van der Waals surface area contributed by atoms with Crippen molar-refractivity contribution in [3.05, 3.63) is 81.9 Å². The number of nitro benzene ring substituents is 1. The lowest BCUT2D eigenvalue weighted by Gasteiger charge is -2.10. The van der Waals surface area contributed by atoms with E-state index in [9.17, 15) is 14.9 Å². The van der Waals surface area contributed by atoms with Crippen LogP contribution in [0.4, 0.5) is 11.4 Å². The number of nitrogens with one attached hydrogen (secondary N) is 1. The molecule has 0 radical (unpaired) electrons. The minimum absolute atomic E-state index is 0.161. The molecule has 0 spiro atoms. The molecule has 25 heavy (non-hydrogen) atoms. The highest BCUT2D eigenvalue weighted by Gasteiger charge is 2.19. The zero-order valence-corrected chi connectivity index (χ0v) is 13.8. The number of nitro groups is 1. The molecule has 0 aliphatic heterocycles. The Morgan fingerprint density at radius 2 is 2.00 bits per heavy atom. The lowest BCUT2D eigenvalue weighted by atomic mass is 10.1. The van der Waals surface area contributed by atoms with Gasteiger partial charge in [-0.2, -0.15) is 0 Å². The molecule has 0 atom stereocenters. The first-order chi connectivity index (χ1) is 12.0. The van der Waals surface area contributed by atoms with Crippen molar-refractivity contribution in [2.24, 2.45) is 0 Å². The van der Waals surface area contributed by atoms with Crippen LogP contribution in [0.1, 0.15) is 21.5 Å². The number of rotatable bonds is 4. The normalized spacial score (nSPS) is 10.5. The fourth-order valence-electron chi connectivity index (χ4n) is 2.50. The van der Waals surface area contributed by atoms with Gasteiger partial charge in [-0.05, 0) is 43.2 Å². The molecule has 0 aliphatic carbocycles. The molecular weight excluding hydrogens is 320 g/mol. The molecule has 3 rings (SSSR count). The molecular formula is C18H16N4O3. The van der Waals surface area contributed by atoms with Crippen LogP contribution in [0, 0.1) is 24.0 Å². The van der Waals surface area contributed by atoms with E-state index in [2.05, 4.69) is 10.3 Å². The zero-order valence-electron chi connectivity index (χ0n) is 13.8. The molecule has 1 amide bonds. The van der Waals surface area contributed by atoms with Crippen LogP contribution in [-0.4, -0.2) is 20.4 Å². The van der Waals surface area contributed by atoms with E-state index in [-0.39, 0.29) is 11.3 Å². The predicted octanol–water partition coefficient (Wildman–Crippen LogP) is 3.65. The number of hydrogen-bond acceptors (Lipinski definition) is 4. The minimum Gasteiger partial charge on any atom is -0.322 e. The fraction of sp³-hybridized carbons (Fsp3) is 0.111. The van der Waals surface area contributed by atoms with Gasteiger partial charge in [-0.3, -0.25) is 14.9 Å². The number of amides is 1. The maximum Gasteiger partial charge on any atom is 0.294 e. The summed E-state index contributed by atoms with van der Waals surface area (Å²) < 4.78 is 1.53. The Kier molecular flexibility index (Phi) is 4.30. The van der Waals surface area contributed by atoms with Gasteiger partial charge in [0.25, 0.3) is 11.6 Å². The summed E-state index contributed by atoms with van der Waals surface area (Å²) in [6.45, 7) is 3.82. The van der Waals surface area contributed by atoms with Crippen molar-refractivity contribution in [2.75, 3.05) is 5.32 Å². The van der Waals surface area contributed by atoms with Crippen molar-refractivity contribution in [1.29, 1.82) is 0 Å². The molecule has 0 fully saturated rings. The SMILES string of the molecule is Cc1ccc(C)c(NC(=O)c2ccc(-n3ccnc3)c([N+](=O)[O-])c2)c1. The van der Waals surface area contributed by atoms with Crippen molar-refractivity contribution < 1.29 is 9.72 Å². The topological polar surface area (TPSA) is 90.1 Å². The third-order valence-electron chi connectivity index (χ3n) is 3.86. The van der Waals surface area contributed by atoms with Gasteiger partial charge < -0.3 is 9.88 Å². The largest absolute Gasteiger partial charge is 0.322 e. The summed E-state index contributed by atoms with van der Waals surface area (Å²) in [5, 5.41) is 14.2. The summed E-state index contributed by atoms with van der Waals surface area (Å²) in [6, 6.07) is 10.1. The maximum atomic E-state index is 12.5. The Hall–Kier alpha value is -3.48.